The molecule has 1 saturated heterocycles. The van der Waals surface area contributed by atoms with Gasteiger partial charge in [-0.25, -0.2) is 4.98 Å². The summed E-state index contributed by atoms with van der Waals surface area (Å²) in [6.45, 7) is 1.57. The van der Waals surface area contributed by atoms with Crippen LogP contribution in [0.3, 0.4) is 0 Å². The minimum absolute atomic E-state index is 0.185. The number of nitrogens with one attached hydrogen (secondary N) is 1. The summed E-state index contributed by atoms with van der Waals surface area (Å²) in [5, 5.41) is 1.87. The lowest BCUT2D eigenvalue weighted by Crippen LogP contribution is -2.18. The number of hydrogen-bond acceptors (Lipinski definition) is 5. The van der Waals surface area contributed by atoms with Gasteiger partial charge in [0.15, 0.2) is 0 Å². The zero-order valence-electron chi connectivity index (χ0n) is 15.6. The predicted molar refractivity (Wildman–Crippen MR) is 103 cm³/mol. The molecule has 0 unspecified atom stereocenters. The van der Waals surface area contributed by atoms with E-state index in [-0.39, 0.29) is 11.1 Å². The molecule has 2 aliphatic rings. The van der Waals surface area contributed by atoms with Crippen LogP contribution >= 0.6 is 11.8 Å². The maximum atomic E-state index is 13.1. The van der Waals surface area contributed by atoms with Gasteiger partial charge in [-0.15, -0.1) is 0 Å². The SMILES string of the molecule is Cc1cnc(Oc2ccc3c(c2)CCCC3)c(C(F)(F)F)c1.O=C1CSC(=O)N1. The Balaban J connectivity index is 0.000000290. The van der Waals surface area contributed by atoms with E-state index in [0.717, 1.165) is 49.1 Å². The quantitative estimate of drug-likeness (QED) is 0.731. The first kappa shape index (κ1) is 21.2. The number of pyridine rings is 1. The number of thioether (sulfide) groups is 1. The van der Waals surface area contributed by atoms with Crippen LogP contribution in [-0.2, 0) is 23.8 Å². The Morgan fingerprint density at radius 3 is 2.41 bits per heavy atom. The van der Waals surface area contributed by atoms with E-state index in [1.165, 1.54) is 11.8 Å². The lowest BCUT2D eigenvalue weighted by Gasteiger charge is -2.17. The Hall–Kier alpha value is -2.55. The molecule has 5 nitrogen and oxygen atoms in total. The fourth-order valence-corrected chi connectivity index (χ4v) is 3.56. The van der Waals surface area contributed by atoms with Gasteiger partial charge in [0, 0.05) is 6.20 Å². The van der Waals surface area contributed by atoms with Crippen molar-refractivity contribution in [2.75, 3.05) is 5.75 Å². The molecule has 0 saturated carbocycles. The van der Waals surface area contributed by atoms with Crippen molar-refractivity contribution in [1.29, 1.82) is 0 Å². The molecule has 2 aromatic rings. The number of amides is 2. The number of alkyl halides is 3. The van der Waals surface area contributed by atoms with E-state index < -0.39 is 17.6 Å². The molecular weight excluding hydrogens is 405 g/mol. The summed E-state index contributed by atoms with van der Waals surface area (Å²) < 4.78 is 44.7. The molecule has 1 aromatic carbocycles. The van der Waals surface area contributed by atoms with Crippen LogP contribution in [-0.4, -0.2) is 21.9 Å². The number of hydrogen-bond donors (Lipinski definition) is 1. The first-order valence-electron chi connectivity index (χ1n) is 9.02. The Kier molecular flexibility index (Phi) is 6.46. The summed E-state index contributed by atoms with van der Waals surface area (Å²) >= 11 is 1.01. The molecule has 1 aliphatic carbocycles. The highest BCUT2D eigenvalue weighted by Gasteiger charge is 2.35. The Bertz CT molecular complexity index is 918. The maximum Gasteiger partial charge on any atom is 0.421 e. The van der Waals surface area contributed by atoms with Gasteiger partial charge >= 0.3 is 6.18 Å². The van der Waals surface area contributed by atoms with E-state index in [0.29, 0.717) is 17.1 Å². The van der Waals surface area contributed by atoms with E-state index in [4.69, 9.17) is 4.74 Å². The molecule has 1 fully saturated rings. The van der Waals surface area contributed by atoms with Crippen LogP contribution in [0.5, 0.6) is 11.6 Å². The van der Waals surface area contributed by atoms with Crippen LogP contribution in [0.15, 0.2) is 30.5 Å². The van der Waals surface area contributed by atoms with E-state index in [9.17, 15) is 22.8 Å². The lowest BCUT2D eigenvalue weighted by molar-refractivity contribution is -0.139. The van der Waals surface area contributed by atoms with Crippen molar-refractivity contribution in [3.63, 3.8) is 0 Å². The van der Waals surface area contributed by atoms with Gasteiger partial charge in [0.05, 0.1) is 5.75 Å². The average molecular weight is 424 g/mol. The molecule has 154 valence electrons. The number of imide groups is 1. The van der Waals surface area contributed by atoms with E-state index in [2.05, 4.69) is 10.3 Å². The Morgan fingerprint density at radius 1 is 1.10 bits per heavy atom. The number of carbonyl (C=O) groups is 2. The zero-order valence-corrected chi connectivity index (χ0v) is 16.5. The molecule has 9 heteroatoms. The van der Waals surface area contributed by atoms with Gasteiger partial charge in [-0.3, -0.25) is 14.9 Å². The fraction of sp³-hybridized carbons (Fsp3) is 0.350. The second kappa shape index (κ2) is 8.86. The van der Waals surface area contributed by atoms with Gasteiger partial charge in [0.2, 0.25) is 11.8 Å². The Labute approximate surface area is 170 Å². The second-order valence-electron chi connectivity index (χ2n) is 6.73. The van der Waals surface area contributed by atoms with E-state index in [1.807, 2.05) is 12.1 Å². The molecule has 2 amide bonds. The molecule has 29 heavy (non-hydrogen) atoms. The molecule has 0 atom stereocenters. The molecule has 1 aliphatic heterocycles. The second-order valence-corrected chi connectivity index (χ2v) is 7.68. The monoisotopic (exact) mass is 424 g/mol. The highest BCUT2D eigenvalue weighted by molar-refractivity contribution is 8.14. The fourth-order valence-electron chi connectivity index (χ4n) is 3.04. The number of halogens is 3. The third kappa shape index (κ3) is 5.72. The molecule has 1 aromatic heterocycles. The van der Waals surface area contributed by atoms with Crippen LogP contribution in [0.4, 0.5) is 18.0 Å². The summed E-state index contributed by atoms with van der Waals surface area (Å²) in [4.78, 5) is 24.0. The summed E-state index contributed by atoms with van der Waals surface area (Å²) in [6.07, 6.45) is 1.12. The number of ether oxygens (including phenoxy) is 1. The molecule has 0 bridgehead atoms. The zero-order chi connectivity index (χ0) is 21.0. The summed E-state index contributed by atoms with van der Waals surface area (Å²) in [5.74, 6) is 0.116. The first-order chi connectivity index (χ1) is 13.7. The third-order valence-corrected chi connectivity index (χ3v) is 5.17. The van der Waals surface area contributed by atoms with E-state index in [1.54, 1.807) is 13.0 Å². The van der Waals surface area contributed by atoms with Crippen molar-refractivity contribution in [3.8, 4) is 11.6 Å². The highest BCUT2D eigenvalue weighted by atomic mass is 32.2. The number of aryl methyl sites for hydroxylation is 3. The van der Waals surface area contributed by atoms with Crippen molar-refractivity contribution in [3.05, 3.63) is 52.7 Å². The van der Waals surface area contributed by atoms with Gasteiger partial charge in [-0.1, -0.05) is 17.8 Å². The van der Waals surface area contributed by atoms with Gasteiger partial charge in [-0.05, 0) is 67.5 Å². The molecule has 4 rings (SSSR count). The van der Waals surface area contributed by atoms with Crippen molar-refractivity contribution in [2.24, 2.45) is 0 Å². The summed E-state index contributed by atoms with van der Waals surface area (Å²) in [6, 6.07) is 6.54. The largest absolute Gasteiger partial charge is 0.438 e. The number of rotatable bonds is 2. The van der Waals surface area contributed by atoms with E-state index >= 15 is 0 Å². The van der Waals surface area contributed by atoms with Crippen molar-refractivity contribution in [2.45, 2.75) is 38.8 Å². The average Bonchev–Trinajstić information content (AvgIpc) is 3.05. The summed E-state index contributed by atoms with van der Waals surface area (Å²) in [7, 11) is 0. The van der Waals surface area contributed by atoms with Gasteiger partial charge in [-0.2, -0.15) is 13.2 Å². The van der Waals surface area contributed by atoms with Gasteiger partial charge in [0.1, 0.15) is 11.3 Å². The van der Waals surface area contributed by atoms with Crippen LogP contribution in [0.2, 0.25) is 0 Å². The van der Waals surface area contributed by atoms with Gasteiger partial charge in [0.25, 0.3) is 5.24 Å². The minimum Gasteiger partial charge on any atom is -0.438 e. The maximum absolute atomic E-state index is 13.1. The number of fused-ring (bicyclic) bond motifs is 1. The highest BCUT2D eigenvalue weighted by Crippen LogP contribution is 2.37. The van der Waals surface area contributed by atoms with Crippen molar-refractivity contribution < 1.29 is 27.5 Å². The number of nitrogens with zero attached hydrogens (tertiary/aromatic N) is 1. The normalized spacial score (nSPS) is 15.9. The smallest absolute Gasteiger partial charge is 0.421 e. The lowest BCUT2D eigenvalue weighted by atomic mass is 9.92. The van der Waals surface area contributed by atoms with Gasteiger partial charge < -0.3 is 4.74 Å². The molecule has 2 heterocycles. The van der Waals surface area contributed by atoms with Crippen molar-refractivity contribution in [1.82, 2.24) is 10.3 Å². The summed E-state index contributed by atoms with van der Waals surface area (Å²) in [5.41, 5.74) is 2.02. The van der Waals surface area contributed by atoms with Crippen LogP contribution in [0.1, 0.15) is 35.1 Å². The standard InChI is InChI=1S/C17H16F3NO.C3H3NO2S/c1-11-8-15(17(18,19)20)16(21-10-11)22-14-7-6-12-4-2-3-5-13(12)9-14;5-2-1-7-3(6)4-2/h6-10H,2-5H2,1H3;1H2,(H,4,5,6). The topological polar surface area (TPSA) is 68.3 Å². The molecule has 0 spiro atoms. The van der Waals surface area contributed by atoms with Crippen LogP contribution in [0.25, 0.3) is 0 Å². The van der Waals surface area contributed by atoms with Crippen LogP contribution in [0, 0.1) is 6.92 Å². The molecule has 1 N–H and O–H groups in total. The van der Waals surface area contributed by atoms with Crippen LogP contribution < -0.4 is 10.1 Å². The number of aromatic nitrogens is 1. The Morgan fingerprint density at radius 2 is 1.83 bits per heavy atom. The molecular formula is C20H19F3N2O3S. The third-order valence-electron chi connectivity index (χ3n) is 4.40. The predicted octanol–water partition coefficient (Wildman–Crippen LogP) is 5.05. The number of carbonyl (C=O) groups excluding carboxylic acids is 2. The molecule has 0 radical (unpaired) electrons. The minimum atomic E-state index is -4.48. The van der Waals surface area contributed by atoms with Crippen molar-refractivity contribution >= 4 is 22.9 Å². The first-order valence-corrected chi connectivity index (χ1v) is 10.0. The number of benzene rings is 1.